The van der Waals surface area contributed by atoms with Gasteiger partial charge in [0.05, 0.1) is 24.3 Å². The predicted octanol–water partition coefficient (Wildman–Crippen LogP) is 2.66. The summed E-state index contributed by atoms with van der Waals surface area (Å²) in [5.41, 5.74) is 2.17. The number of aromatic nitrogens is 2. The van der Waals surface area contributed by atoms with Crippen LogP contribution in [0.5, 0.6) is 0 Å². The molecule has 0 radical (unpaired) electrons. The third kappa shape index (κ3) is 5.01. The molecule has 1 aliphatic rings. The van der Waals surface area contributed by atoms with Gasteiger partial charge in [0.15, 0.2) is 0 Å². The minimum Gasteiger partial charge on any atom is -0.395 e. The molecule has 0 amide bonds. The van der Waals surface area contributed by atoms with Crippen molar-refractivity contribution in [1.29, 1.82) is 0 Å². The molecule has 1 unspecified atom stereocenters. The summed E-state index contributed by atoms with van der Waals surface area (Å²) in [4.78, 5) is 6.55. The maximum Gasteiger partial charge on any atom is 0.227 e. The number of hydrogen-bond acceptors (Lipinski definition) is 5. The molecule has 154 valence electrons. The molecule has 0 aliphatic carbocycles. The first-order valence-corrected chi connectivity index (χ1v) is 11.9. The first-order valence-electron chi connectivity index (χ1n) is 10.2. The number of piperidine rings is 1. The quantitative estimate of drug-likeness (QED) is 0.694. The van der Waals surface area contributed by atoms with E-state index in [0.717, 1.165) is 44.3 Å². The Morgan fingerprint density at radius 2 is 2.00 bits per heavy atom. The zero-order valence-electron chi connectivity index (χ0n) is 16.6. The summed E-state index contributed by atoms with van der Waals surface area (Å²) in [6, 6.07) is 10.4. The van der Waals surface area contributed by atoms with Gasteiger partial charge >= 0.3 is 0 Å². The Morgan fingerprint density at radius 1 is 1.21 bits per heavy atom. The van der Waals surface area contributed by atoms with Crippen LogP contribution in [0.25, 0.3) is 0 Å². The van der Waals surface area contributed by atoms with E-state index in [1.165, 1.54) is 5.56 Å². The second-order valence-corrected chi connectivity index (χ2v) is 9.65. The Balaban J connectivity index is 1.79. The molecule has 2 aromatic rings. The van der Waals surface area contributed by atoms with Gasteiger partial charge in [0.2, 0.25) is 15.0 Å². The molecule has 6 nitrogen and oxygen atoms in total. The number of benzene rings is 1. The Kier molecular flexibility index (Phi) is 7.26. The number of sulfone groups is 1. The van der Waals surface area contributed by atoms with E-state index in [-0.39, 0.29) is 23.6 Å². The lowest BCUT2D eigenvalue weighted by atomic mass is 10.0. The topological polar surface area (TPSA) is 75.4 Å². The van der Waals surface area contributed by atoms with Crippen LogP contribution in [0.2, 0.25) is 0 Å². The molecule has 7 heteroatoms. The number of imidazole rings is 1. The van der Waals surface area contributed by atoms with Crippen LogP contribution in [-0.2, 0) is 29.3 Å². The van der Waals surface area contributed by atoms with Crippen LogP contribution in [0.1, 0.15) is 43.9 Å². The monoisotopic (exact) mass is 405 g/mol. The van der Waals surface area contributed by atoms with Gasteiger partial charge in [0, 0.05) is 19.1 Å². The highest BCUT2D eigenvalue weighted by Crippen LogP contribution is 2.22. The van der Waals surface area contributed by atoms with Crippen LogP contribution in [-0.4, -0.2) is 52.9 Å². The molecule has 28 heavy (non-hydrogen) atoms. The number of aliphatic hydroxyl groups excluding tert-OH is 1. The molecule has 3 rings (SSSR count). The Hall–Kier alpha value is -1.70. The Labute approximate surface area is 168 Å². The van der Waals surface area contributed by atoms with Gasteiger partial charge in [0.1, 0.15) is 0 Å². The van der Waals surface area contributed by atoms with Crippen molar-refractivity contribution in [3.8, 4) is 0 Å². The predicted molar refractivity (Wildman–Crippen MR) is 110 cm³/mol. The van der Waals surface area contributed by atoms with Crippen molar-refractivity contribution in [3.05, 3.63) is 47.8 Å². The fourth-order valence-electron chi connectivity index (χ4n) is 3.90. The molecule has 1 saturated heterocycles. The number of hydrogen-bond donors (Lipinski definition) is 1. The summed E-state index contributed by atoms with van der Waals surface area (Å²) in [5, 5.41) is 9.87. The molecule has 1 aromatic heterocycles. The Morgan fingerprint density at radius 3 is 2.71 bits per heavy atom. The highest BCUT2D eigenvalue weighted by atomic mass is 32.2. The van der Waals surface area contributed by atoms with Gasteiger partial charge in [-0.2, -0.15) is 0 Å². The molecule has 1 fully saturated rings. The summed E-state index contributed by atoms with van der Waals surface area (Å²) < 4.78 is 27.0. The average molecular weight is 406 g/mol. The van der Waals surface area contributed by atoms with E-state index in [2.05, 4.69) is 22.0 Å². The minimum atomic E-state index is -3.38. The van der Waals surface area contributed by atoms with Gasteiger partial charge in [0.25, 0.3) is 0 Å². The first-order chi connectivity index (χ1) is 13.5. The van der Waals surface area contributed by atoms with Gasteiger partial charge < -0.3 is 9.67 Å². The van der Waals surface area contributed by atoms with Crippen LogP contribution >= 0.6 is 0 Å². The van der Waals surface area contributed by atoms with E-state index < -0.39 is 9.84 Å². The van der Waals surface area contributed by atoms with E-state index in [9.17, 15) is 13.5 Å². The second-order valence-electron chi connectivity index (χ2n) is 7.48. The average Bonchev–Trinajstić information content (AvgIpc) is 3.12. The molecule has 0 bridgehead atoms. The van der Waals surface area contributed by atoms with Gasteiger partial charge in [-0.3, -0.25) is 4.90 Å². The van der Waals surface area contributed by atoms with Crippen LogP contribution < -0.4 is 0 Å². The van der Waals surface area contributed by atoms with Crippen LogP contribution in [0.3, 0.4) is 0 Å². The van der Waals surface area contributed by atoms with Crippen molar-refractivity contribution >= 4 is 9.84 Å². The molecule has 0 saturated carbocycles. The fraction of sp³-hybridized carbons (Fsp3) is 0.571. The number of aryl methyl sites for hydroxylation is 1. The summed E-state index contributed by atoms with van der Waals surface area (Å²) >= 11 is 0. The maximum atomic E-state index is 12.5. The number of nitrogens with zero attached hydrogens (tertiary/aromatic N) is 3. The maximum absolute atomic E-state index is 12.5. The van der Waals surface area contributed by atoms with E-state index in [1.807, 2.05) is 22.8 Å². The van der Waals surface area contributed by atoms with E-state index in [4.69, 9.17) is 0 Å². The zero-order valence-corrected chi connectivity index (χ0v) is 17.4. The molecular formula is C21H31N3O3S. The smallest absolute Gasteiger partial charge is 0.227 e. The molecule has 1 aliphatic heterocycles. The lowest BCUT2D eigenvalue weighted by Crippen LogP contribution is -2.41. The van der Waals surface area contributed by atoms with Crippen molar-refractivity contribution in [3.63, 3.8) is 0 Å². The fourth-order valence-corrected chi connectivity index (χ4v) is 4.92. The van der Waals surface area contributed by atoms with Crippen molar-refractivity contribution in [2.45, 2.75) is 63.3 Å². The van der Waals surface area contributed by atoms with Crippen molar-refractivity contribution < 1.29 is 13.5 Å². The summed E-state index contributed by atoms with van der Waals surface area (Å²) in [7, 11) is -3.38. The standard InChI is InChI=1S/C21H31N3O3S/c1-2-28(26,27)21-22-15-20(16-23-13-7-6-12-19(23)17-25)24(21)14-8-11-18-9-4-3-5-10-18/h3-5,9-10,15,19,25H,2,6-8,11-14,16-17H2,1H3. The van der Waals surface area contributed by atoms with Crippen molar-refractivity contribution in [2.24, 2.45) is 0 Å². The van der Waals surface area contributed by atoms with E-state index >= 15 is 0 Å². The van der Waals surface area contributed by atoms with Crippen LogP contribution in [0, 0.1) is 0 Å². The number of likely N-dealkylation sites (tertiary alicyclic amines) is 1. The third-order valence-electron chi connectivity index (χ3n) is 5.57. The molecule has 1 aromatic carbocycles. The molecule has 2 heterocycles. The molecule has 0 spiro atoms. The first kappa shape index (κ1) is 21.0. The molecular weight excluding hydrogens is 374 g/mol. The van der Waals surface area contributed by atoms with Crippen molar-refractivity contribution in [2.75, 3.05) is 18.9 Å². The van der Waals surface area contributed by atoms with Gasteiger partial charge in [-0.05, 0) is 37.8 Å². The van der Waals surface area contributed by atoms with Gasteiger partial charge in [-0.25, -0.2) is 13.4 Å². The minimum absolute atomic E-state index is 0.0467. The SMILES string of the molecule is CCS(=O)(=O)c1ncc(CN2CCCCC2CO)n1CCCc1ccccc1. The lowest BCUT2D eigenvalue weighted by Gasteiger charge is -2.34. The summed E-state index contributed by atoms with van der Waals surface area (Å²) in [6.45, 7) is 3.97. The number of aliphatic hydroxyl groups is 1. The highest BCUT2D eigenvalue weighted by Gasteiger charge is 2.26. The largest absolute Gasteiger partial charge is 0.395 e. The third-order valence-corrected chi connectivity index (χ3v) is 7.22. The normalized spacial score (nSPS) is 18.4. The van der Waals surface area contributed by atoms with Crippen molar-refractivity contribution in [1.82, 2.24) is 14.5 Å². The van der Waals surface area contributed by atoms with E-state index in [0.29, 0.717) is 13.1 Å². The highest BCUT2D eigenvalue weighted by molar-refractivity contribution is 7.91. The van der Waals surface area contributed by atoms with E-state index in [1.54, 1.807) is 13.1 Å². The van der Waals surface area contributed by atoms with Gasteiger partial charge in [-0.15, -0.1) is 0 Å². The second kappa shape index (κ2) is 9.67. The van der Waals surface area contributed by atoms with Crippen LogP contribution in [0.15, 0.2) is 41.7 Å². The van der Waals surface area contributed by atoms with Crippen LogP contribution in [0.4, 0.5) is 0 Å². The summed E-state index contributed by atoms with van der Waals surface area (Å²) in [5.74, 6) is 0.0467. The van der Waals surface area contributed by atoms with Gasteiger partial charge in [-0.1, -0.05) is 43.7 Å². The molecule has 1 atom stereocenters. The molecule has 1 N–H and O–H groups in total. The Bertz CT molecular complexity index is 849. The summed E-state index contributed by atoms with van der Waals surface area (Å²) in [6.07, 6.45) is 6.68. The lowest BCUT2D eigenvalue weighted by molar-refractivity contribution is 0.0818. The zero-order chi connectivity index (χ0) is 20.0. The number of rotatable bonds is 9.